The molecule has 0 bridgehead atoms. The molecular weight excluding hydrogens is 291 g/mol. The second-order valence-corrected chi connectivity index (χ2v) is 6.33. The van der Waals surface area contributed by atoms with Gasteiger partial charge in [-0.1, -0.05) is 24.1 Å². The third-order valence-corrected chi connectivity index (χ3v) is 4.93. The van der Waals surface area contributed by atoms with Gasteiger partial charge in [-0.15, -0.1) is 0 Å². The van der Waals surface area contributed by atoms with Gasteiger partial charge in [0.2, 0.25) is 0 Å². The normalized spacial score (nSPS) is 18.7. The summed E-state index contributed by atoms with van der Waals surface area (Å²) in [6.45, 7) is 0.554. The van der Waals surface area contributed by atoms with Crippen LogP contribution in [-0.4, -0.2) is 17.4 Å². The minimum atomic E-state index is -0.202. The number of aromatic amines is 1. The van der Waals surface area contributed by atoms with E-state index in [0.717, 1.165) is 19.3 Å². The molecule has 5 heteroatoms. The van der Waals surface area contributed by atoms with Crippen LogP contribution in [0.5, 0.6) is 0 Å². The molecular formula is C16H14ClFN2O. The molecule has 4 rings (SSSR count). The van der Waals surface area contributed by atoms with Gasteiger partial charge in [-0.05, 0) is 31.0 Å². The van der Waals surface area contributed by atoms with Crippen molar-refractivity contribution in [2.75, 3.05) is 11.4 Å². The summed E-state index contributed by atoms with van der Waals surface area (Å²) in [6, 6.07) is 6.58. The summed E-state index contributed by atoms with van der Waals surface area (Å²) in [4.78, 5) is 17.2. The van der Waals surface area contributed by atoms with Crippen LogP contribution in [0.1, 0.15) is 35.3 Å². The number of nitrogens with zero attached hydrogens (tertiary/aromatic N) is 1. The molecule has 21 heavy (non-hydrogen) atoms. The van der Waals surface area contributed by atoms with E-state index in [4.69, 9.17) is 11.6 Å². The zero-order valence-corrected chi connectivity index (χ0v) is 12.1. The fourth-order valence-corrected chi connectivity index (χ4v) is 3.72. The van der Waals surface area contributed by atoms with Gasteiger partial charge >= 0.3 is 0 Å². The summed E-state index contributed by atoms with van der Waals surface area (Å²) >= 11 is 5.87. The van der Waals surface area contributed by atoms with Crippen molar-refractivity contribution in [2.24, 2.45) is 0 Å². The summed E-state index contributed by atoms with van der Waals surface area (Å²) in [5, 5.41) is 0.496. The molecule has 0 radical (unpaired) electrons. The van der Waals surface area contributed by atoms with E-state index < -0.39 is 0 Å². The Morgan fingerprint density at radius 3 is 2.81 bits per heavy atom. The van der Waals surface area contributed by atoms with Crippen LogP contribution >= 0.6 is 11.6 Å². The van der Waals surface area contributed by atoms with Crippen LogP contribution in [0.4, 0.5) is 10.1 Å². The van der Waals surface area contributed by atoms with Gasteiger partial charge < -0.3 is 9.88 Å². The first kappa shape index (κ1) is 12.9. The zero-order chi connectivity index (χ0) is 14.6. The molecule has 2 aliphatic rings. The quantitative estimate of drug-likeness (QED) is 0.852. The number of hydrogen-bond donors (Lipinski definition) is 1. The highest BCUT2D eigenvalue weighted by Crippen LogP contribution is 2.53. The van der Waals surface area contributed by atoms with Crippen LogP contribution in [0.15, 0.2) is 30.5 Å². The Bertz CT molecular complexity index is 736. The fourth-order valence-electron chi connectivity index (χ4n) is 3.56. The molecule has 0 saturated heterocycles. The molecule has 1 saturated carbocycles. The Morgan fingerprint density at radius 2 is 2.19 bits per heavy atom. The third-order valence-electron chi connectivity index (χ3n) is 4.71. The van der Waals surface area contributed by atoms with Gasteiger partial charge in [0.05, 0.1) is 10.7 Å². The molecule has 1 aromatic heterocycles. The van der Waals surface area contributed by atoms with E-state index in [1.807, 2.05) is 6.07 Å². The Morgan fingerprint density at radius 1 is 1.38 bits per heavy atom. The van der Waals surface area contributed by atoms with Crippen molar-refractivity contribution >= 4 is 23.2 Å². The van der Waals surface area contributed by atoms with Gasteiger partial charge in [-0.3, -0.25) is 4.79 Å². The summed E-state index contributed by atoms with van der Waals surface area (Å²) in [7, 11) is 0. The van der Waals surface area contributed by atoms with Gasteiger partial charge in [-0.2, -0.15) is 0 Å². The molecule has 2 aromatic rings. The summed E-state index contributed by atoms with van der Waals surface area (Å²) in [5.41, 5.74) is 1.66. The highest BCUT2D eigenvalue weighted by atomic mass is 35.5. The first-order valence-corrected chi connectivity index (χ1v) is 7.43. The highest BCUT2D eigenvalue weighted by Gasteiger charge is 2.50. The van der Waals surface area contributed by atoms with Crippen molar-refractivity contribution in [3.05, 3.63) is 52.6 Å². The molecule has 1 amide bonds. The predicted molar refractivity (Wildman–Crippen MR) is 79.4 cm³/mol. The van der Waals surface area contributed by atoms with Crippen LogP contribution < -0.4 is 4.90 Å². The van der Waals surface area contributed by atoms with Gasteiger partial charge in [0.1, 0.15) is 11.5 Å². The molecule has 1 fully saturated rings. The Balaban J connectivity index is 1.79. The standard InChI is InChI=1S/C16H14ClFN2O/c17-10-7-12(19-8-10)15(21)20-9-16(5-2-6-16)14-11(18)3-1-4-13(14)20/h1,3-4,7-8,19H,2,5-6,9H2. The van der Waals surface area contributed by atoms with Crippen LogP contribution in [-0.2, 0) is 5.41 Å². The van der Waals surface area contributed by atoms with E-state index in [1.54, 1.807) is 23.2 Å². The van der Waals surface area contributed by atoms with E-state index in [0.29, 0.717) is 28.5 Å². The number of carbonyl (C=O) groups excluding carboxylic acids is 1. The lowest BCUT2D eigenvalue weighted by atomic mass is 9.65. The molecule has 0 unspecified atom stereocenters. The number of aromatic nitrogens is 1. The second kappa shape index (κ2) is 4.34. The highest BCUT2D eigenvalue weighted by molar-refractivity contribution is 6.31. The van der Waals surface area contributed by atoms with Crippen molar-refractivity contribution in [3.8, 4) is 0 Å². The maximum Gasteiger partial charge on any atom is 0.274 e. The van der Waals surface area contributed by atoms with E-state index in [-0.39, 0.29) is 17.1 Å². The van der Waals surface area contributed by atoms with Crippen molar-refractivity contribution < 1.29 is 9.18 Å². The first-order valence-electron chi connectivity index (χ1n) is 7.05. The molecule has 108 valence electrons. The van der Waals surface area contributed by atoms with Crippen LogP contribution in [0.2, 0.25) is 5.02 Å². The maximum absolute atomic E-state index is 14.3. The topological polar surface area (TPSA) is 36.1 Å². The number of anilines is 1. The summed E-state index contributed by atoms with van der Waals surface area (Å²) in [5.74, 6) is -0.357. The van der Waals surface area contributed by atoms with Crippen molar-refractivity contribution in [1.82, 2.24) is 4.98 Å². The number of rotatable bonds is 1. The van der Waals surface area contributed by atoms with Gasteiger partial charge in [-0.25, -0.2) is 4.39 Å². The first-order chi connectivity index (χ1) is 10.1. The average molecular weight is 305 g/mol. The predicted octanol–water partition coefficient (Wildman–Crippen LogP) is 3.89. The molecule has 1 N–H and O–H groups in total. The van der Waals surface area contributed by atoms with Gasteiger partial charge in [0.15, 0.2) is 0 Å². The molecule has 1 aliphatic heterocycles. The number of benzene rings is 1. The monoisotopic (exact) mass is 304 g/mol. The lowest BCUT2D eigenvalue weighted by Gasteiger charge is -2.38. The van der Waals surface area contributed by atoms with Gasteiger partial charge in [0.25, 0.3) is 5.91 Å². The third kappa shape index (κ3) is 1.75. The number of halogens is 2. The van der Waals surface area contributed by atoms with E-state index in [9.17, 15) is 9.18 Å². The second-order valence-electron chi connectivity index (χ2n) is 5.89. The number of carbonyl (C=O) groups is 1. The molecule has 0 atom stereocenters. The van der Waals surface area contributed by atoms with E-state index in [1.165, 1.54) is 6.07 Å². The number of amides is 1. The zero-order valence-electron chi connectivity index (χ0n) is 11.3. The van der Waals surface area contributed by atoms with E-state index >= 15 is 0 Å². The van der Waals surface area contributed by atoms with Crippen LogP contribution in [0.3, 0.4) is 0 Å². The van der Waals surface area contributed by atoms with E-state index in [2.05, 4.69) is 4.98 Å². The number of H-pyrrole nitrogens is 1. The largest absolute Gasteiger partial charge is 0.356 e. The molecule has 1 aromatic carbocycles. The van der Waals surface area contributed by atoms with Crippen LogP contribution in [0, 0.1) is 5.82 Å². The minimum Gasteiger partial charge on any atom is -0.356 e. The van der Waals surface area contributed by atoms with Crippen molar-refractivity contribution in [3.63, 3.8) is 0 Å². The average Bonchev–Trinajstić information content (AvgIpc) is 3.00. The molecule has 1 aliphatic carbocycles. The van der Waals surface area contributed by atoms with Crippen molar-refractivity contribution in [2.45, 2.75) is 24.7 Å². The molecule has 3 nitrogen and oxygen atoms in total. The number of nitrogens with one attached hydrogen (secondary N) is 1. The van der Waals surface area contributed by atoms with Gasteiger partial charge in [0, 0.05) is 23.7 Å². The van der Waals surface area contributed by atoms with Crippen molar-refractivity contribution in [1.29, 1.82) is 0 Å². The lowest BCUT2D eigenvalue weighted by molar-refractivity contribution is 0.0974. The Hall–Kier alpha value is -1.81. The Labute approximate surface area is 126 Å². The smallest absolute Gasteiger partial charge is 0.274 e. The summed E-state index contributed by atoms with van der Waals surface area (Å²) in [6.07, 6.45) is 4.55. The molecule has 2 heterocycles. The minimum absolute atomic E-state index is 0.155. The molecule has 1 spiro atoms. The number of fused-ring (bicyclic) bond motifs is 2. The summed E-state index contributed by atoms with van der Waals surface area (Å²) < 4.78 is 14.3. The maximum atomic E-state index is 14.3. The fraction of sp³-hybridized carbons (Fsp3) is 0.312. The lowest BCUT2D eigenvalue weighted by Crippen LogP contribution is -2.41. The SMILES string of the molecule is O=C(c1cc(Cl)c[nH]1)N1CC2(CCC2)c2c(F)cccc21. The Kier molecular flexibility index (Phi) is 2.67. The van der Waals surface area contributed by atoms with Crippen LogP contribution in [0.25, 0.3) is 0 Å². The number of hydrogen-bond acceptors (Lipinski definition) is 1.